The fourth-order valence-corrected chi connectivity index (χ4v) is 12.5. The molecule has 0 unspecified atom stereocenters. The van der Waals surface area contributed by atoms with Crippen molar-refractivity contribution in [3.05, 3.63) is 118 Å². The van der Waals surface area contributed by atoms with E-state index in [9.17, 15) is 33.6 Å². The van der Waals surface area contributed by atoms with Crippen LogP contribution in [0.3, 0.4) is 0 Å². The number of thioether (sulfide) groups is 2. The van der Waals surface area contributed by atoms with Crippen LogP contribution in [0.5, 0.6) is 23.0 Å². The smallest absolute Gasteiger partial charge is 0.330 e. The normalized spacial score (nSPS) is 18.7. The molecule has 17 heteroatoms. The Balaban J connectivity index is 0.803. The summed E-state index contributed by atoms with van der Waals surface area (Å²) in [5.41, 5.74) is 3.39. The number of fused-ring (bicyclic) bond motifs is 1. The fraction of sp³-hybridized carbons (Fsp3) is 0.500. The number of benzene rings is 3. The van der Waals surface area contributed by atoms with Crippen molar-refractivity contribution in [2.75, 3.05) is 37.9 Å². The van der Waals surface area contributed by atoms with Gasteiger partial charge in [-0.3, -0.25) is 24.0 Å². The third-order valence-corrected chi connectivity index (χ3v) is 17.2. The second-order valence-corrected chi connectivity index (χ2v) is 22.7. The van der Waals surface area contributed by atoms with E-state index in [4.69, 9.17) is 37.9 Å². The molecule has 1 aliphatic heterocycles. The SMILES string of the molecule is C=CC(=O)OCCCCCCOc1ccc(CCC(=O)OC2CCC(C(=O)Oc3ccc(OC(=O)C4CCC(OC(=O)CCc5ccc(OCCCCCCOC(=O)C=C)cc5)CC4)c4c3CC(=C3SCCS3)C4=O)CC2)cc1. The van der Waals surface area contributed by atoms with Crippen molar-refractivity contribution in [1.82, 2.24) is 0 Å². The van der Waals surface area contributed by atoms with Gasteiger partial charge in [0, 0.05) is 58.3 Å². The van der Waals surface area contributed by atoms with E-state index in [1.807, 2.05) is 48.5 Å². The quantitative estimate of drug-likeness (QED) is 0.0201. The van der Waals surface area contributed by atoms with Crippen molar-refractivity contribution in [3.63, 3.8) is 0 Å². The number of hydrogen-bond donors (Lipinski definition) is 0. The molecule has 7 rings (SSSR count). The van der Waals surface area contributed by atoms with Gasteiger partial charge in [-0.1, -0.05) is 37.4 Å². The number of esters is 6. The number of carbonyl (C=O) groups is 7. The molecule has 0 atom stereocenters. The molecule has 0 radical (unpaired) electrons. The highest BCUT2D eigenvalue weighted by Crippen LogP contribution is 2.47. The molecule has 0 spiro atoms. The molecule has 2 saturated carbocycles. The largest absolute Gasteiger partial charge is 0.494 e. The van der Waals surface area contributed by atoms with E-state index in [0.29, 0.717) is 102 Å². The van der Waals surface area contributed by atoms with Crippen molar-refractivity contribution in [1.29, 1.82) is 0 Å². The predicted molar refractivity (Wildman–Crippen MR) is 301 cm³/mol. The number of unbranched alkanes of at least 4 members (excludes halogenated alkanes) is 6. The second-order valence-electron chi connectivity index (χ2n) is 20.2. The molecular formula is C62H74O15S2. The van der Waals surface area contributed by atoms with Gasteiger partial charge in [0.1, 0.15) is 35.2 Å². The molecule has 424 valence electrons. The van der Waals surface area contributed by atoms with Crippen LogP contribution in [0.15, 0.2) is 95.8 Å². The zero-order valence-corrected chi connectivity index (χ0v) is 46.8. The molecule has 0 aromatic heterocycles. The van der Waals surface area contributed by atoms with Gasteiger partial charge in [0.2, 0.25) is 0 Å². The number of rotatable bonds is 30. The maximum absolute atomic E-state index is 14.1. The third kappa shape index (κ3) is 19.5. The van der Waals surface area contributed by atoms with Crippen molar-refractivity contribution in [3.8, 4) is 23.0 Å². The number of ether oxygens (including phenoxy) is 8. The highest BCUT2D eigenvalue weighted by Gasteiger charge is 2.38. The number of Topliss-reactive ketones (excluding diaryl/α,β-unsaturated/α-hetero) is 1. The van der Waals surface area contributed by atoms with Crippen LogP contribution >= 0.6 is 23.5 Å². The van der Waals surface area contributed by atoms with Crippen molar-refractivity contribution in [2.45, 2.75) is 147 Å². The Hall–Kier alpha value is -6.33. The number of hydrogen-bond acceptors (Lipinski definition) is 17. The molecule has 4 aliphatic rings. The van der Waals surface area contributed by atoms with Crippen LogP contribution in [-0.4, -0.2) is 91.7 Å². The highest BCUT2D eigenvalue weighted by atomic mass is 32.2. The van der Waals surface area contributed by atoms with E-state index in [-0.39, 0.29) is 66.3 Å². The van der Waals surface area contributed by atoms with E-state index in [1.165, 1.54) is 0 Å². The Morgan fingerprint density at radius 3 is 1.38 bits per heavy atom. The molecule has 0 N–H and O–H groups in total. The van der Waals surface area contributed by atoms with Crippen molar-refractivity contribution >= 4 is 65.1 Å². The average molecular weight is 1120 g/mol. The van der Waals surface area contributed by atoms with E-state index in [0.717, 1.165) is 102 Å². The Labute approximate surface area is 472 Å². The lowest BCUT2D eigenvalue weighted by molar-refractivity contribution is -0.153. The molecule has 3 aromatic rings. The lowest BCUT2D eigenvalue weighted by Crippen LogP contribution is -2.30. The minimum atomic E-state index is -0.452. The zero-order chi connectivity index (χ0) is 55.8. The van der Waals surface area contributed by atoms with E-state index < -0.39 is 35.7 Å². The zero-order valence-electron chi connectivity index (χ0n) is 45.2. The third-order valence-electron chi connectivity index (χ3n) is 14.4. The van der Waals surface area contributed by atoms with Crippen LogP contribution in [0.4, 0.5) is 0 Å². The summed E-state index contributed by atoms with van der Waals surface area (Å²) < 4.78 is 46.4. The van der Waals surface area contributed by atoms with Gasteiger partial charge in [0.05, 0.1) is 43.8 Å². The van der Waals surface area contributed by atoms with Crippen LogP contribution in [0.1, 0.15) is 143 Å². The monoisotopic (exact) mass is 1120 g/mol. The van der Waals surface area contributed by atoms with Gasteiger partial charge in [-0.05, 0) is 163 Å². The highest BCUT2D eigenvalue weighted by molar-refractivity contribution is 8.25. The minimum Gasteiger partial charge on any atom is -0.494 e. The molecule has 0 amide bonds. The molecule has 1 heterocycles. The number of aryl methyl sites for hydroxylation is 2. The van der Waals surface area contributed by atoms with E-state index >= 15 is 0 Å². The number of allylic oxidation sites excluding steroid dienone is 1. The molecular weight excluding hydrogens is 1050 g/mol. The Morgan fingerprint density at radius 1 is 0.519 bits per heavy atom. The summed E-state index contributed by atoms with van der Waals surface area (Å²) in [7, 11) is 0. The molecule has 1 saturated heterocycles. The Kier molecular flexibility index (Phi) is 24.5. The average Bonchev–Trinajstić information content (AvgIpc) is 4.16. The lowest BCUT2D eigenvalue weighted by atomic mass is 9.87. The maximum Gasteiger partial charge on any atom is 0.330 e. The lowest BCUT2D eigenvalue weighted by Gasteiger charge is -2.27. The minimum absolute atomic E-state index is 0.147. The van der Waals surface area contributed by atoms with E-state index in [2.05, 4.69) is 13.2 Å². The summed E-state index contributed by atoms with van der Waals surface area (Å²) in [5, 5.41) is 0. The van der Waals surface area contributed by atoms with Crippen LogP contribution in [-0.2, 0) is 67.0 Å². The maximum atomic E-state index is 14.1. The van der Waals surface area contributed by atoms with E-state index in [1.54, 1.807) is 35.7 Å². The first-order chi connectivity index (χ1) is 38.5. The molecule has 3 aliphatic carbocycles. The first-order valence-electron chi connectivity index (χ1n) is 28.0. The number of ketones is 1. The summed E-state index contributed by atoms with van der Waals surface area (Å²) in [4.78, 5) is 89.5. The van der Waals surface area contributed by atoms with Crippen molar-refractivity contribution < 1.29 is 71.5 Å². The molecule has 79 heavy (non-hydrogen) atoms. The summed E-state index contributed by atoms with van der Waals surface area (Å²) in [6.07, 6.45) is 14.7. The Bertz CT molecular complexity index is 2600. The van der Waals surface area contributed by atoms with Gasteiger partial charge in [-0.2, -0.15) is 0 Å². The fourth-order valence-electron chi connectivity index (χ4n) is 9.93. The molecule has 3 fully saturated rings. The van der Waals surface area contributed by atoms with Gasteiger partial charge in [0.15, 0.2) is 5.78 Å². The molecule has 0 bridgehead atoms. The van der Waals surface area contributed by atoms with Gasteiger partial charge in [-0.25, -0.2) is 9.59 Å². The molecule has 3 aromatic carbocycles. The van der Waals surface area contributed by atoms with Gasteiger partial charge >= 0.3 is 35.8 Å². The summed E-state index contributed by atoms with van der Waals surface area (Å²) in [6.45, 7) is 8.72. The standard InChI is InChI=1S/C62H74O15S2/c1-3-54(63)72-37-11-7-5-9-35-70-46-23-13-42(14-24-46)17-33-56(65)74-48-27-19-44(20-28-48)60(68)76-52-31-32-53(58-50(52)41-51(59(58)67)62-78-39-40-79-62)77-61(69)45-21-29-49(30-22-45)75-57(66)34-18-43-15-25-47(26-16-43)71-36-10-6-8-12-38-73-55(64)4-2/h3-4,13-16,23-26,31-32,44-45,48-49H,1-2,5-12,17-22,27-30,33-41H2. The van der Waals surface area contributed by atoms with Crippen LogP contribution in [0, 0.1) is 11.8 Å². The van der Waals surface area contributed by atoms with Crippen LogP contribution in [0.2, 0.25) is 0 Å². The first-order valence-corrected chi connectivity index (χ1v) is 30.0. The second kappa shape index (κ2) is 32.1. The number of carbonyl (C=O) groups excluding carboxylic acids is 7. The predicted octanol–water partition coefficient (Wildman–Crippen LogP) is 11.7. The topological polar surface area (TPSA) is 193 Å². The molecule has 15 nitrogen and oxygen atoms in total. The van der Waals surface area contributed by atoms with Crippen LogP contribution < -0.4 is 18.9 Å². The summed E-state index contributed by atoms with van der Waals surface area (Å²) in [6, 6.07) is 18.5. The summed E-state index contributed by atoms with van der Waals surface area (Å²) >= 11 is 3.26. The van der Waals surface area contributed by atoms with Gasteiger partial charge < -0.3 is 37.9 Å². The van der Waals surface area contributed by atoms with Crippen LogP contribution in [0.25, 0.3) is 0 Å². The van der Waals surface area contributed by atoms with Crippen molar-refractivity contribution in [2.24, 2.45) is 11.8 Å². The van der Waals surface area contributed by atoms with Gasteiger partial charge in [-0.15, -0.1) is 23.5 Å². The Morgan fingerprint density at radius 2 is 0.937 bits per heavy atom. The first kappa shape index (κ1) is 60.3. The van der Waals surface area contributed by atoms with Gasteiger partial charge in [0.25, 0.3) is 0 Å². The summed E-state index contributed by atoms with van der Waals surface area (Å²) in [5.74, 6) is 0.380.